The van der Waals surface area contributed by atoms with Crippen LogP contribution in [-0.2, 0) is 11.2 Å². The van der Waals surface area contributed by atoms with Crippen molar-refractivity contribution in [3.05, 3.63) is 50.5 Å². The molecule has 3 fully saturated rings. The van der Waals surface area contributed by atoms with Crippen molar-refractivity contribution in [1.82, 2.24) is 19.8 Å². The summed E-state index contributed by atoms with van der Waals surface area (Å²) in [6.45, 7) is 14.7. The minimum Gasteiger partial charge on any atom is -0.495 e. The highest BCUT2D eigenvalue weighted by molar-refractivity contribution is 14.1. The van der Waals surface area contributed by atoms with E-state index in [-0.39, 0.29) is 6.04 Å². The van der Waals surface area contributed by atoms with E-state index >= 15 is 0 Å². The van der Waals surface area contributed by atoms with Crippen molar-refractivity contribution in [3.8, 4) is 5.75 Å². The summed E-state index contributed by atoms with van der Waals surface area (Å²) >= 11 is 2.34. The van der Waals surface area contributed by atoms with Gasteiger partial charge in [-0.15, -0.1) is 0 Å². The van der Waals surface area contributed by atoms with E-state index < -0.39 is 0 Å². The lowest BCUT2D eigenvalue weighted by Gasteiger charge is -2.42. The molecule has 3 aliphatic rings. The Balaban J connectivity index is 1.40. The van der Waals surface area contributed by atoms with Crippen molar-refractivity contribution in [2.24, 2.45) is 0 Å². The number of rotatable bonds is 9. The number of anilines is 2. The van der Waals surface area contributed by atoms with E-state index in [0.717, 1.165) is 72.3 Å². The van der Waals surface area contributed by atoms with Crippen molar-refractivity contribution in [2.75, 3.05) is 76.9 Å². The van der Waals surface area contributed by atoms with Gasteiger partial charge in [0.25, 0.3) is 0 Å². The fourth-order valence-electron chi connectivity index (χ4n) is 6.28. The number of nitrogens with one attached hydrogen (secondary N) is 1. The Bertz CT molecular complexity index is 1270. The van der Waals surface area contributed by atoms with Crippen LogP contribution in [0.25, 0.3) is 11.6 Å². The van der Waals surface area contributed by atoms with Gasteiger partial charge in [0.1, 0.15) is 11.6 Å². The molecule has 3 aliphatic heterocycles. The molecule has 0 amide bonds. The fraction of sp³-hybridized carbons (Fsp3) is 0.576. The number of benzene rings is 1. The van der Waals surface area contributed by atoms with Crippen molar-refractivity contribution in [2.45, 2.75) is 58.5 Å². The number of likely N-dealkylation sites (N-methyl/N-ethyl adjacent to an activating group) is 1. The third-order valence-electron chi connectivity index (χ3n) is 8.74. The largest absolute Gasteiger partial charge is 0.495 e. The first kappa shape index (κ1) is 31.2. The lowest BCUT2D eigenvalue weighted by atomic mass is 9.98. The van der Waals surface area contributed by atoms with E-state index in [0.29, 0.717) is 12.6 Å². The van der Waals surface area contributed by atoms with E-state index in [9.17, 15) is 0 Å². The Kier molecular flexibility index (Phi) is 10.8. The number of piperazine rings is 1. The monoisotopic (exact) mass is 686 g/mol. The summed E-state index contributed by atoms with van der Waals surface area (Å²) in [5.74, 6) is 1.76. The number of piperidine rings is 1. The second kappa shape index (κ2) is 14.5. The first-order valence-electron chi connectivity index (χ1n) is 15.5. The van der Waals surface area contributed by atoms with E-state index in [2.05, 4.69) is 98.8 Å². The quantitative estimate of drug-likeness (QED) is 0.337. The molecule has 1 unspecified atom stereocenters. The summed E-state index contributed by atoms with van der Waals surface area (Å²) in [7, 11) is 4.01. The van der Waals surface area contributed by atoms with Gasteiger partial charge in [-0.2, -0.15) is 0 Å². The lowest BCUT2D eigenvalue weighted by molar-refractivity contribution is 0.0981. The van der Waals surface area contributed by atoms with Gasteiger partial charge in [0.2, 0.25) is 0 Å². The summed E-state index contributed by atoms with van der Waals surface area (Å²) < 4.78 is 13.7. The molecular formula is C33H47IN6O2. The van der Waals surface area contributed by atoms with Crippen molar-refractivity contribution in [1.29, 1.82) is 0 Å². The normalized spacial score (nSPS) is 21.0. The van der Waals surface area contributed by atoms with Gasteiger partial charge in [0, 0.05) is 57.5 Å². The van der Waals surface area contributed by atoms with Gasteiger partial charge in [-0.3, -0.25) is 4.90 Å². The highest BCUT2D eigenvalue weighted by atomic mass is 127. The summed E-state index contributed by atoms with van der Waals surface area (Å²) in [5.41, 5.74) is 7.25. The smallest absolute Gasteiger partial charge is 0.148 e. The zero-order chi connectivity index (χ0) is 29.6. The van der Waals surface area contributed by atoms with Crippen molar-refractivity contribution in [3.63, 3.8) is 0 Å². The Labute approximate surface area is 265 Å². The van der Waals surface area contributed by atoms with E-state index in [1.165, 1.54) is 50.3 Å². The molecule has 228 valence electrons. The Hall–Kier alpha value is -2.21. The molecular weight excluding hydrogens is 639 g/mol. The van der Waals surface area contributed by atoms with Crippen LogP contribution in [0, 0.1) is 0 Å². The third kappa shape index (κ3) is 7.29. The van der Waals surface area contributed by atoms with Crippen LogP contribution in [0.15, 0.2) is 27.9 Å². The second-order valence-corrected chi connectivity index (χ2v) is 12.6. The fourth-order valence-corrected chi connectivity index (χ4v) is 6.93. The van der Waals surface area contributed by atoms with Crippen LogP contribution in [0.3, 0.4) is 0 Å². The van der Waals surface area contributed by atoms with Gasteiger partial charge >= 0.3 is 0 Å². The van der Waals surface area contributed by atoms with Gasteiger partial charge in [0.05, 0.1) is 42.5 Å². The van der Waals surface area contributed by atoms with Crippen molar-refractivity contribution >= 4 is 45.7 Å². The van der Waals surface area contributed by atoms with E-state index in [1.54, 1.807) is 7.11 Å². The molecule has 1 aromatic heterocycles. The molecule has 8 nitrogen and oxygen atoms in total. The molecule has 1 N–H and O–H groups in total. The molecule has 0 spiro atoms. The highest BCUT2D eigenvalue weighted by Gasteiger charge is 2.28. The lowest BCUT2D eigenvalue weighted by Crippen LogP contribution is -2.52. The van der Waals surface area contributed by atoms with Crippen LogP contribution in [0.1, 0.15) is 62.7 Å². The number of ether oxygens (including phenoxy) is 2. The molecule has 1 atom stereocenters. The predicted molar refractivity (Wildman–Crippen MR) is 182 cm³/mol. The highest BCUT2D eigenvalue weighted by Crippen LogP contribution is 2.37. The summed E-state index contributed by atoms with van der Waals surface area (Å²) in [6.07, 6.45) is 6.32. The second-order valence-electron chi connectivity index (χ2n) is 12.0. The van der Waals surface area contributed by atoms with Crippen LogP contribution in [0.5, 0.6) is 5.75 Å². The number of nitrogens with zero attached hydrogens (tertiary/aromatic N) is 5. The molecule has 4 heterocycles. The van der Waals surface area contributed by atoms with Crippen molar-refractivity contribution < 1.29 is 9.47 Å². The van der Waals surface area contributed by atoms with Crippen LogP contribution in [0.2, 0.25) is 0 Å². The topological polar surface area (TPSA) is 66.0 Å². The molecule has 0 aliphatic carbocycles. The Morgan fingerprint density at radius 1 is 1.10 bits per heavy atom. The van der Waals surface area contributed by atoms with Gasteiger partial charge in [-0.05, 0) is 74.4 Å². The SMILES string of the molecule is CCc1nc(C=C(C)C)c(/C(=C\I)c2ccc(N3CCC(N4CCN(C)CC4)CC3)c(OC)c2)nc1NC1CCOC1. The van der Waals surface area contributed by atoms with Gasteiger partial charge in [-0.25, -0.2) is 9.97 Å². The van der Waals surface area contributed by atoms with E-state index in [1.807, 2.05) is 0 Å². The Morgan fingerprint density at radius 3 is 2.48 bits per heavy atom. The van der Waals surface area contributed by atoms with Crippen LogP contribution in [-0.4, -0.2) is 98.5 Å². The van der Waals surface area contributed by atoms with Crippen LogP contribution >= 0.6 is 22.6 Å². The molecule has 3 saturated heterocycles. The maximum Gasteiger partial charge on any atom is 0.148 e. The maximum absolute atomic E-state index is 6.01. The number of methoxy groups -OCH3 is 1. The number of hydrogen-bond acceptors (Lipinski definition) is 8. The van der Waals surface area contributed by atoms with Gasteiger partial charge < -0.3 is 24.6 Å². The maximum atomic E-state index is 6.01. The molecule has 0 saturated carbocycles. The van der Waals surface area contributed by atoms with Crippen LogP contribution in [0.4, 0.5) is 11.5 Å². The average Bonchev–Trinajstić information content (AvgIpc) is 3.52. The van der Waals surface area contributed by atoms with Gasteiger partial charge in [-0.1, -0.05) is 41.2 Å². The minimum atomic E-state index is 0.263. The first-order chi connectivity index (χ1) is 20.4. The van der Waals surface area contributed by atoms with Crippen LogP contribution < -0.4 is 15.0 Å². The molecule has 0 radical (unpaired) electrons. The molecule has 42 heavy (non-hydrogen) atoms. The minimum absolute atomic E-state index is 0.263. The first-order valence-corrected chi connectivity index (χ1v) is 16.7. The molecule has 0 bridgehead atoms. The zero-order valence-electron chi connectivity index (χ0n) is 26.0. The number of halogens is 1. The number of aromatic nitrogens is 2. The summed E-state index contributed by atoms with van der Waals surface area (Å²) in [5, 5.41) is 3.63. The summed E-state index contributed by atoms with van der Waals surface area (Å²) in [4.78, 5) is 18.0. The average molecular weight is 687 g/mol. The standard InChI is InChI=1S/C33H47IN6O2/c1-6-28-33(35-25-11-18-42-22-25)37-32(29(36-28)19-23(2)3)27(21-34)24-7-8-30(31(20-24)41-5)40-12-9-26(10-13-40)39-16-14-38(4)15-17-39/h7-8,19-21,25-26H,6,9-18,22H2,1-5H3,(H,35,37)/b27-21-. The summed E-state index contributed by atoms with van der Waals surface area (Å²) in [6, 6.07) is 7.57. The molecule has 5 rings (SSSR count). The molecule has 1 aromatic carbocycles. The molecule has 2 aromatic rings. The zero-order valence-corrected chi connectivity index (χ0v) is 28.1. The van der Waals surface area contributed by atoms with Gasteiger partial charge in [0.15, 0.2) is 0 Å². The number of aryl methyl sites for hydroxylation is 1. The third-order valence-corrected chi connectivity index (χ3v) is 9.36. The number of allylic oxidation sites excluding steroid dienone is 1. The predicted octanol–water partition coefficient (Wildman–Crippen LogP) is 5.71. The Morgan fingerprint density at radius 2 is 1.86 bits per heavy atom. The van der Waals surface area contributed by atoms with E-state index in [4.69, 9.17) is 19.4 Å². The molecule has 9 heteroatoms. The number of hydrogen-bond donors (Lipinski definition) is 1.